The van der Waals surface area contributed by atoms with Crippen molar-refractivity contribution in [2.75, 3.05) is 0 Å². The molecule has 6 heteroatoms. The molecule has 0 unspecified atom stereocenters. The first-order valence-electron chi connectivity index (χ1n) is 7.24. The van der Waals surface area contributed by atoms with E-state index in [1.807, 2.05) is 30.3 Å². The van der Waals surface area contributed by atoms with Crippen molar-refractivity contribution < 1.29 is 19.1 Å². The highest BCUT2D eigenvalue weighted by molar-refractivity contribution is 6.03. The minimum Gasteiger partial charge on any atom is -0.465 e. The molecule has 4 rings (SSSR count). The molecule has 0 saturated carbocycles. The molecular formula is C17H14N2O4. The summed E-state index contributed by atoms with van der Waals surface area (Å²) in [7, 11) is 0. The van der Waals surface area contributed by atoms with Crippen molar-refractivity contribution >= 4 is 5.78 Å². The van der Waals surface area contributed by atoms with Gasteiger partial charge < -0.3 is 14.3 Å². The number of aryl methyl sites for hydroxylation is 1. The number of benzene rings is 1. The van der Waals surface area contributed by atoms with E-state index in [0.29, 0.717) is 22.9 Å². The summed E-state index contributed by atoms with van der Waals surface area (Å²) in [6, 6.07) is 12.7. The van der Waals surface area contributed by atoms with Crippen molar-refractivity contribution in [1.29, 1.82) is 0 Å². The summed E-state index contributed by atoms with van der Waals surface area (Å²) in [4.78, 5) is 12.6. The molecule has 2 aromatic heterocycles. The normalized spacial score (nSPS) is 20.2. The molecule has 0 amide bonds. The molecule has 0 aliphatic carbocycles. The molecule has 116 valence electrons. The Labute approximate surface area is 131 Å². The van der Waals surface area contributed by atoms with Crippen LogP contribution in [0.5, 0.6) is 5.88 Å². The van der Waals surface area contributed by atoms with Crippen molar-refractivity contribution in [1.82, 2.24) is 9.78 Å². The molecule has 1 aliphatic rings. The average molecular weight is 310 g/mol. The van der Waals surface area contributed by atoms with Gasteiger partial charge in [-0.25, -0.2) is 4.68 Å². The van der Waals surface area contributed by atoms with Crippen LogP contribution in [0.3, 0.4) is 0 Å². The Morgan fingerprint density at radius 2 is 1.96 bits per heavy atom. The number of hydrogen-bond donors (Lipinski definition) is 1. The van der Waals surface area contributed by atoms with Crippen LogP contribution >= 0.6 is 0 Å². The number of aliphatic hydroxyl groups is 1. The highest BCUT2D eigenvalue weighted by Crippen LogP contribution is 2.38. The standard InChI is InChI=1S/C17H14N2O4/c1-10-13-14(20)15(21)16(12-8-5-9-22-12)23-17(13)19(18-10)11-6-3-2-4-7-11/h2-9,15-16,21H,1H3/t15-,16+/m1/s1. The molecule has 3 aromatic rings. The number of aliphatic hydroxyl groups excluding tert-OH is 1. The SMILES string of the molecule is Cc1nn(-c2ccccc2)c2c1C(=O)[C@@H](O)[C@H](c1ccco1)O2. The number of carbonyl (C=O) groups excluding carboxylic acids is 1. The van der Waals surface area contributed by atoms with Gasteiger partial charge in [-0.05, 0) is 31.2 Å². The third-order valence-electron chi connectivity index (χ3n) is 3.88. The maximum absolute atomic E-state index is 12.6. The third kappa shape index (κ3) is 2.07. The van der Waals surface area contributed by atoms with Crippen LogP contribution in [-0.2, 0) is 0 Å². The quantitative estimate of drug-likeness (QED) is 0.786. The topological polar surface area (TPSA) is 77.5 Å². The molecule has 23 heavy (non-hydrogen) atoms. The van der Waals surface area contributed by atoms with Crippen LogP contribution in [0.25, 0.3) is 5.69 Å². The number of ether oxygens (including phenoxy) is 1. The maximum Gasteiger partial charge on any atom is 0.229 e. The zero-order valence-electron chi connectivity index (χ0n) is 12.3. The van der Waals surface area contributed by atoms with Crippen LogP contribution in [0.1, 0.15) is 27.9 Å². The van der Waals surface area contributed by atoms with Gasteiger partial charge in [-0.15, -0.1) is 0 Å². The largest absolute Gasteiger partial charge is 0.465 e. The highest BCUT2D eigenvalue weighted by atomic mass is 16.5. The molecule has 0 fully saturated rings. The third-order valence-corrected chi connectivity index (χ3v) is 3.88. The lowest BCUT2D eigenvalue weighted by atomic mass is 9.98. The number of furan rings is 1. The van der Waals surface area contributed by atoms with Crippen LogP contribution in [0.4, 0.5) is 0 Å². The first-order valence-corrected chi connectivity index (χ1v) is 7.24. The molecular weight excluding hydrogens is 296 g/mol. The van der Waals surface area contributed by atoms with Gasteiger partial charge in [0.25, 0.3) is 0 Å². The van der Waals surface area contributed by atoms with Crippen molar-refractivity contribution in [3.05, 3.63) is 65.7 Å². The van der Waals surface area contributed by atoms with E-state index < -0.39 is 18.0 Å². The lowest BCUT2D eigenvalue weighted by molar-refractivity contribution is 0.0105. The van der Waals surface area contributed by atoms with Crippen LogP contribution in [0.15, 0.2) is 53.1 Å². The molecule has 0 spiro atoms. The minimum atomic E-state index is -1.32. The lowest BCUT2D eigenvalue weighted by Gasteiger charge is -2.26. The van der Waals surface area contributed by atoms with Crippen molar-refractivity contribution in [2.45, 2.75) is 19.1 Å². The van der Waals surface area contributed by atoms with Crippen LogP contribution in [-0.4, -0.2) is 26.8 Å². The summed E-state index contributed by atoms with van der Waals surface area (Å²) >= 11 is 0. The summed E-state index contributed by atoms with van der Waals surface area (Å²) in [6.45, 7) is 1.72. The molecule has 1 aliphatic heterocycles. The first-order chi connectivity index (χ1) is 11.2. The smallest absolute Gasteiger partial charge is 0.229 e. The number of rotatable bonds is 2. The number of Topliss-reactive ketones (excluding diaryl/α,β-unsaturated/α-hetero) is 1. The molecule has 1 aromatic carbocycles. The van der Waals surface area contributed by atoms with E-state index in [0.717, 1.165) is 5.69 Å². The number of ketones is 1. The summed E-state index contributed by atoms with van der Waals surface area (Å²) in [5.74, 6) is 0.313. The fourth-order valence-corrected chi connectivity index (χ4v) is 2.78. The van der Waals surface area contributed by atoms with Gasteiger partial charge in [0.1, 0.15) is 11.3 Å². The van der Waals surface area contributed by atoms with E-state index in [9.17, 15) is 9.90 Å². The second kappa shape index (κ2) is 5.10. The van der Waals surface area contributed by atoms with Gasteiger partial charge in [0.2, 0.25) is 11.7 Å². The number of nitrogens with zero attached hydrogens (tertiary/aromatic N) is 2. The summed E-state index contributed by atoms with van der Waals surface area (Å²) in [5.41, 5.74) is 1.61. The monoisotopic (exact) mass is 310 g/mol. The molecule has 6 nitrogen and oxygen atoms in total. The predicted octanol–water partition coefficient (Wildman–Crippen LogP) is 2.45. The molecule has 1 N–H and O–H groups in total. The van der Waals surface area contributed by atoms with E-state index in [2.05, 4.69) is 5.10 Å². The van der Waals surface area contributed by atoms with Gasteiger partial charge in [-0.1, -0.05) is 18.2 Å². The Balaban J connectivity index is 1.86. The Bertz CT molecular complexity index is 852. The molecule has 0 saturated heterocycles. The number of fused-ring (bicyclic) bond motifs is 1. The summed E-state index contributed by atoms with van der Waals surface area (Å²) in [5, 5.41) is 14.7. The van der Waals surface area contributed by atoms with Gasteiger partial charge in [0, 0.05) is 0 Å². The van der Waals surface area contributed by atoms with Gasteiger partial charge in [-0.2, -0.15) is 5.10 Å². The summed E-state index contributed by atoms with van der Waals surface area (Å²) in [6.07, 6.45) is -0.727. The van der Waals surface area contributed by atoms with Crippen molar-refractivity contribution in [3.8, 4) is 11.6 Å². The highest BCUT2D eigenvalue weighted by Gasteiger charge is 2.42. The van der Waals surface area contributed by atoms with E-state index >= 15 is 0 Å². The molecule has 2 atom stereocenters. The number of carbonyl (C=O) groups is 1. The van der Waals surface area contributed by atoms with E-state index in [1.165, 1.54) is 6.26 Å². The maximum atomic E-state index is 12.6. The first kappa shape index (κ1) is 13.8. The van der Waals surface area contributed by atoms with Gasteiger partial charge >= 0.3 is 0 Å². The van der Waals surface area contributed by atoms with Crippen LogP contribution in [0, 0.1) is 6.92 Å². The number of para-hydroxylation sites is 1. The molecule has 3 heterocycles. The zero-order valence-corrected chi connectivity index (χ0v) is 12.3. The Hall–Kier alpha value is -2.86. The minimum absolute atomic E-state index is 0.309. The lowest BCUT2D eigenvalue weighted by Crippen LogP contribution is -2.36. The number of aromatic nitrogens is 2. The fourth-order valence-electron chi connectivity index (χ4n) is 2.78. The fraction of sp³-hybridized carbons (Fsp3) is 0.176. The second-order valence-corrected chi connectivity index (χ2v) is 5.38. The van der Waals surface area contributed by atoms with Gasteiger partial charge in [-0.3, -0.25) is 4.79 Å². The zero-order chi connectivity index (χ0) is 16.0. The van der Waals surface area contributed by atoms with Crippen LogP contribution in [0.2, 0.25) is 0 Å². The molecule has 0 radical (unpaired) electrons. The van der Waals surface area contributed by atoms with E-state index in [4.69, 9.17) is 9.15 Å². The molecule has 0 bridgehead atoms. The second-order valence-electron chi connectivity index (χ2n) is 5.38. The van der Waals surface area contributed by atoms with Gasteiger partial charge in [0.15, 0.2) is 12.2 Å². The Morgan fingerprint density at radius 3 is 2.65 bits per heavy atom. The number of hydrogen-bond acceptors (Lipinski definition) is 5. The Morgan fingerprint density at radius 1 is 1.17 bits per heavy atom. The van der Waals surface area contributed by atoms with Crippen molar-refractivity contribution in [3.63, 3.8) is 0 Å². The van der Waals surface area contributed by atoms with E-state index in [-0.39, 0.29) is 0 Å². The van der Waals surface area contributed by atoms with Gasteiger partial charge in [0.05, 0.1) is 17.6 Å². The average Bonchev–Trinajstić information content (AvgIpc) is 3.20. The summed E-state index contributed by atoms with van der Waals surface area (Å²) < 4.78 is 12.8. The van der Waals surface area contributed by atoms with Crippen LogP contribution < -0.4 is 4.74 Å². The predicted molar refractivity (Wildman–Crippen MR) is 80.7 cm³/mol. The Kier molecular flexibility index (Phi) is 3.06. The van der Waals surface area contributed by atoms with E-state index in [1.54, 1.807) is 23.7 Å². The van der Waals surface area contributed by atoms with Crippen molar-refractivity contribution in [2.24, 2.45) is 0 Å².